The van der Waals surface area contributed by atoms with E-state index in [-0.39, 0.29) is 12.0 Å². The zero-order valence-electron chi connectivity index (χ0n) is 12.5. The number of halogens is 1. The fourth-order valence-corrected chi connectivity index (χ4v) is 4.31. The lowest BCUT2D eigenvalue weighted by molar-refractivity contribution is 0.0851. The van der Waals surface area contributed by atoms with Crippen molar-refractivity contribution in [3.8, 4) is 0 Å². The highest BCUT2D eigenvalue weighted by atomic mass is 79.9. The summed E-state index contributed by atoms with van der Waals surface area (Å²) in [5, 5.41) is 3.00. The molecule has 1 unspecified atom stereocenters. The molecule has 3 heterocycles. The quantitative estimate of drug-likeness (QED) is 0.795. The third-order valence-corrected chi connectivity index (χ3v) is 5.31. The number of amides is 1. The summed E-state index contributed by atoms with van der Waals surface area (Å²) in [5.41, 5.74) is 2.78. The smallest absolute Gasteiger partial charge is 0.268 e. The largest absolute Gasteiger partial charge is 0.376 e. The number of thiophene rings is 1. The zero-order valence-corrected chi connectivity index (χ0v) is 14.9. The SMILES string of the molecule is C=C(C)Cn1c(C(=O)NCC2CCCO2)cc2sc(Br)cc21. The predicted octanol–water partition coefficient (Wildman–Crippen LogP) is 3.95. The van der Waals surface area contributed by atoms with Crippen LogP contribution in [0.1, 0.15) is 30.3 Å². The predicted molar refractivity (Wildman–Crippen MR) is 93.6 cm³/mol. The van der Waals surface area contributed by atoms with Gasteiger partial charge in [-0.3, -0.25) is 4.79 Å². The molecule has 1 aliphatic heterocycles. The van der Waals surface area contributed by atoms with E-state index in [0.29, 0.717) is 18.8 Å². The van der Waals surface area contributed by atoms with Crippen LogP contribution >= 0.6 is 27.3 Å². The van der Waals surface area contributed by atoms with Crippen molar-refractivity contribution in [3.05, 3.63) is 33.8 Å². The van der Waals surface area contributed by atoms with Crippen LogP contribution in [0.25, 0.3) is 10.2 Å². The molecule has 22 heavy (non-hydrogen) atoms. The molecule has 0 spiro atoms. The number of aromatic nitrogens is 1. The minimum Gasteiger partial charge on any atom is -0.376 e. The molecular formula is C16H19BrN2O2S. The summed E-state index contributed by atoms with van der Waals surface area (Å²) >= 11 is 5.14. The van der Waals surface area contributed by atoms with Gasteiger partial charge >= 0.3 is 0 Å². The summed E-state index contributed by atoms with van der Waals surface area (Å²) in [7, 11) is 0. The molecule has 4 nitrogen and oxygen atoms in total. The molecule has 1 atom stereocenters. The maximum atomic E-state index is 12.5. The number of hydrogen-bond donors (Lipinski definition) is 1. The highest BCUT2D eigenvalue weighted by Gasteiger charge is 2.20. The van der Waals surface area contributed by atoms with Crippen molar-refractivity contribution < 1.29 is 9.53 Å². The Morgan fingerprint density at radius 2 is 2.41 bits per heavy atom. The Labute approximate surface area is 142 Å². The maximum Gasteiger partial charge on any atom is 0.268 e. The van der Waals surface area contributed by atoms with Gasteiger partial charge in [0, 0.05) is 19.7 Å². The Bertz CT molecular complexity index is 713. The molecule has 0 bridgehead atoms. The second kappa shape index (κ2) is 6.56. The lowest BCUT2D eigenvalue weighted by atomic mass is 10.2. The summed E-state index contributed by atoms with van der Waals surface area (Å²) in [6.07, 6.45) is 2.26. The molecule has 1 fully saturated rings. The third kappa shape index (κ3) is 3.29. The van der Waals surface area contributed by atoms with Gasteiger partial charge in [-0.1, -0.05) is 12.2 Å². The van der Waals surface area contributed by atoms with Gasteiger partial charge in [-0.05, 0) is 47.8 Å². The standard InChI is InChI=1S/C16H19BrN2O2S/c1-10(2)9-19-12-7-15(17)22-14(12)6-13(19)16(20)18-8-11-4-3-5-21-11/h6-7,11H,1,3-5,8-9H2,2H3,(H,18,20). The number of nitrogens with one attached hydrogen (secondary N) is 1. The molecule has 0 saturated carbocycles. The molecule has 0 aromatic carbocycles. The van der Waals surface area contributed by atoms with Crippen LogP contribution in [-0.4, -0.2) is 29.7 Å². The van der Waals surface area contributed by atoms with E-state index in [2.05, 4.69) is 33.9 Å². The van der Waals surface area contributed by atoms with E-state index in [1.807, 2.05) is 17.6 Å². The molecule has 2 aromatic heterocycles. The van der Waals surface area contributed by atoms with Gasteiger partial charge in [0.1, 0.15) is 5.69 Å². The summed E-state index contributed by atoms with van der Waals surface area (Å²) in [4.78, 5) is 12.5. The van der Waals surface area contributed by atoms with Crippen LogP contribution < -0.4 is 5.32 Å². The van der Waals surface area contributed by atoms with Gasteiger partial charge in [0.05, 0.1) is 20.1 Å². The number of allylic oxidation sites excluding steroid dienone is 1. The van der Waals surface area contributed by atoms with Crippen molar-refractivity contribution in [1.29, 1.82) is 0 Å². The van der Waals surface area contributed by atoms with Crippen molar-refractivity contribution in [2.24, 2.45) is 0 Å². The number of rotatable bonds is 5. The van der Waals surface area contributed by atoms with Crippen molar-refractivity contribution in [2.45, 2.75) is 32.4 Å². The Morgan fingerprint density at radius 1 is 1.59 bits per heavy atom. The first-order chi connectivity index (χ1) is 10.5. The van der Waals surface area contributed by atoms with E-state index in [0.717, 1.165) is 39.0 Å². The fraction of sp³-hybridized carbons (Fsp3) is 0.438. The molecule has 2 aromatic rings. The first kappa shape index (κ1) is 15.8. The van der Waals surface area contributed by atoms with Crippen molar-refractivity contribution in [2.75, 3.05) is 13.2 Å². The second-order valence-corrected chi connectivity index (χ2v) is 8.18. The van der Waals surface area contributed by atoms with E-state index in [1.165, 1.54) is 0 Å². The van der Waals surface area contributed by atoms with Gasteiger partial charge < -0.3 is 14.6 Å². The van der Waals surface area contributed by atoms with E-state index in [4.69, 9.17) is 4.74 Å². The van der Waals surface area contributed by atoms with Crippen LogP contribution in [0.2, 0.25) is 0 Å². The summed E-state index contributed by atoms with van der Waals surface area (Å²) in [5.74, 6) is -0.0451. The monoisotopic (exact) mass is 382 g/mol. The minimum absolute atomic E-state index is 0.0451. The van der Waals surface area contributed by atoms with E-state index in [1.54, 1.807) is 11.3 Å². The number of carbonyl (C=O) groups is 1. The number of hydrogen-bond acceptors (Lipinski definition) is 3. The summed E-state index contributed by atoms with van der Waals surface area (Å²) in [6, 6.07) is 4.01. The van der Waals surface area contributed by atoms with E-state index < -0.39 is 0 Å². The van der Waals surface area contributed by atoms with Gasteiger partial charge in [0.15, 0.2) is 0 Å². The molecule has 0 radical (unpaired) electrons. The average Bonchev–Trinajstić information content (AvgIpc) is 3.14. The number of ether oxygens (including phenoxy) is 1. The van der Waals surface area contributed by atoms with Crippen LogP contribution in [-0.2, 0) is 11.3 Å². The van der Waals surface area contributed by atoms with Gasteiger partial charge in [0.2, 0.25) is 0 Å². The molecule has 0 aliphatic carbocycles. The molecule has 1 N–H and O–H groups in total. The van der Waals surface area contributed by atoms with Gasteiger partial charge in [-0.25, -0.2) is 0 Å². The molecule has 1 saturated heterocycles. The highest BCUT2D eigenvalue weighted by Crippen LogP contribution is 2.32. The van der Waals surface area contributed by atoms with Crippen molar-refractivity contribution in [3.63, 3.8) is 0 Å². The lowest BCUT2D eigenvalue weighted by Crippen LogP contribution is -2.33. The normalized spacial score (nSPS) is 18.0. The first-order valence-corrected chi connectivity index (χ1v) is 8.98. The van der Waals surface area contributed by atoms with Gasteiger partial charge in [-0.2, -0.15) is 0 Å². The van der Waals surface area contributed by atoms with Gasteiger partial charge in [-0.15, -0.1) is 11.3 Å². The molecule has 1 amide bonds. The van der Waals surface area contributed by atoms with Crippen LogP contribution in [0.15, 0.2) is 28.1 Å². The Hall–Kier alpha value is -1.11. The minimum atomic E-state index is -0.0451. The Kier molecular flexibility index (Phi) is 4.70. The zero-order chi connectivity index (χ0) is 15.7. The molecule has 6 heteroatoms. The summed E-state index contributed by atoms with van der Waals surface area (Å²) < 4.78 is 9.76. The molecule has 1 aliphatic rings. The fourth-order valence-electron chi connectivity index (χ4n) is 2.74. The number of carbonyl (C=O) groups excluding carboxylic acids is 1. The summed E-state index contributed by atoms with van der Waals surface area (Å²) in [6.45, 7) is 7.97. The van der Waals surface area contributed by atoms with Crippen molar-refractivity contribution >= 4 is 43.4 Å². The van der Waals surface area contributed by atoms with Crippen LogP contribution in [0, 0.1) is 0 Å². The topological polar surface area (TPSA) is 43.3 Å². The molecular weight excluding hydrogens is 364 g/mol. The maximum absolute atomic E-state index is 12.5. The van der Waals surface area contributed by atoms with Crippen LogP contribution in [0.3, 0.4) is 0 Å². The lowest BCUT2D eigenvalue weighted by Gasteiger charge is -2.13. The van der Waals surface area contributed by atoms with E-state index >= 15 is 0 Å². The first-order valence-electron chi connectivity index (χ1n) is 7.37. The number of fused-ring (bicyclic) bond motifs is 1. The third-order valence-electron chi connectivity index (χ3n) is 3.73. The van der Waals surface area contributed by atoms with Crippen LogP contribution in [0.5, 0.6) is 0 Å². The Balaban J connectivity index is 1.82. The molecule has 118 valence electrons. The van der Waals surface area contributed by atoms with Crippen molar-refractivity contribution in [1.82, 2.24) is 9.88 Å². The van der Waals surface area contributed by atoms with E-state index in [9.17, 15) is 4.79 Å². The number of nitrogens with zero attached hydrogens (tertiary/aromatic N) is 1. The van der Waals surface area contributed by atoms with Crippen LogP contribution in [0.4, 0.5) is 0 Å². The second-order valence-electron chi connectivity index (χ2n) is 5.72. The average molecular weight is 383 g/mol. The van der Waals surface area contributed by atoms with Gasteiger partial charge in [0.25, 0.3) is 5.91 Å². The molecule has 3 rings (SSSR count). The Morgan fingerprint density at radius 3 is 3.09 bits per heavy atom. The highest BCUT2D eigenvalue weighted by molar-refractivity contribution is 9.11.